The van der Waals surface area contributed by atoms with E-state index in [-0.39, 0.29) is 36.4 Å². The maximum absolute atomic E-state index is 12.3. The Morgan fingerprint density at radius 1 is 1.29 bits per heavy atom. The average molecular weight is 320 g/mol. The van der Waals surface area contributed by atoms with E-state index in [2.05, 4.69) is 10.2 Å². The van der Waals surface area contributed by atoms with Crippen LogP contribution in [0.3, 0.4) is 0 Å². The molecule has 122 valence electrons. The van der Waals surface area contributed by atoms with E-state index in [1.165, 1.54) is 7.11 Å². The summed E-state index contributed by atoms with van der Waals surface area (Å²) in [6.45, 7) is 6.15. The quantitative estimate of drug-likeness (QED) is 0.753. The fraction of sp³-hybridized carbons (Fsp3) is 0.857. The summed E-state index contributed by atoms with van der Waals surface area (Å²) in [6, 6.07) is 0.193. The molecule has 0 saturated carbocycles. The number of hydrogen-bond acceptors (Lipinski definition) is 5. The molecule has 2 fully saturated rings. The van der Waals surface area contributed by atoms with Gasteiger partial charge in [-0.3, -0.25) is 14.5 Å². The Bertz CT molecular complexity index is 353. The zero-order valence-corrected chi connectivity index (χ0v) is 13.7. The highest BCUT2D eigenvalue weighted by molar-refractivity contribution is 5.85. The number of nitrogens with one attached hydrogen (secondary N) is 1. The predicted octanol–water partition coefficient (Wildman–Crippen LogP) is 0.256. The van der Waals surface area contributed by atoms with Gasteiger partial charge in [0.15, 0.2) is 0 Å². The minimum atomic E-state index is -0.175. The minimum Gasteiger partial charge on any atom is -0.469 e. The summed E-state index contributed by atoms with van der Waals surface area (Å²) >= 11 is 0. The summed E-state index contributed by atoms with van der Waals surface area (Å²) in [5, 5.41) is 3.26. The molecule has 2 saturated heterocycles. The number of carbonyl (C=O) groups is 2. The van der Waals surface area contributed by atoms with Crippen LogP contribution in [0, 0.1) is 0 Å². The first kappa shape index (κ1) is 18.2. The standard InChI is InChI=1S/C14H25N3O3.ClH/c1-11(10-13(18)20-2)16-6-8-17(9-7-16)14(19)12-4-3-5-15-12;/h11-12,15H,3-10H2,1-2H3;1H. The van der Waals surface area contributed by atoms with Crippen molar-refractivity contribution >= 4 is 24.3 Å². The number of nitrogens with zero attached hydrogens (tertiary/aromatic N) is 2. The van der Waals surface area contributed by atoms with Crippen LogP contribution < -0.4 is 5.32 Å². The molecule has 2 atom stereocenters. The third-order valence-electron chi connectivity index (χ3n) is 4.30. The molecule has 0 aliphatic carbocycles. The van der Waals surface area contributed by atoms with E-state index < -0.39 is 0 Å². The van der Waals surface area contributed by atoms with Crippen molar-refractivity contribution in [1.29, 1.82) is 0 Å². The highest BCUT2D eigenvalue weighted by atomic mass is 35.5. The van der Waals surface area contributed by atoms with Crippen LogP contribution in [0.2, 0.25) is 0 Å². The van der Waals surface area contributed by atoms with Crippen molar-refractivity contribution in [3.8, 4) is 0 Å². The van der Waals surface area contributed by atoms with Gasteiger partial charge in [0.2, 0.25) is 5.91 Å². The summed E-state index contributed by atoms with van der Waals surface area (Å²) in [7, 11) is 1.42. The first-order valence-corrected chi connectivity index (χ1v) is 7.45. The number of rotatable bonds is 4. The second-order valence-electron chi connectivity index (χ2n) is 5.64. The maximum atomic E-state index is 12.3. The van der Waals surface area contributed by atoms with E-state index in [9.17, 15) is 9.59 Å². The molecule has 0 aromatic rings. The van der Waals surface area contributed by atoms with E-state index in [0.29, 0.717) is 6.42 Å². The van der Waals surface area contributed by atoms with Gasteiger partial charge in [-0.1, -0.05) is 0 Å². The van der Waals surface area contributed by atoms with Gasteiger partial charge in [-0.15, -0.1) is 12.4 Å². The number of amides is 1. The molecule has 0 spiro atoms. The molecule has 2 aliphatic heterocycles. The van der Waals surface area contributed by atoms with Crippen LogP contribution in [0.1, 0.15) is 26.2 Å². The molecule has 1 N–H and O–H groups in total. The lowest BCUT2D eigenvalue weighted by Crippen LogP contribution is -2.54. The Labute approximate surface area is 132 Å². The summed E-state index contributed by atoms with van der Waals surface area (Å²) in [5.74, 6) is 0.0638. The topological polar surface area (TPSA) is 61.9 Å². The second kappa shape index (κ2) is 8.56. The summed E-state index contributed by atoms with van der Waals surface area (Å²) in [5.41, 5.74) is 0. The van der Waals surface area contributed by atoms with Gasteiger partial charge in [0.05, 0.1) is 19.6 Å². The Morgan fingerprint density at radius 3 is 2.48 bits per heavy atom. The van der Waals surface area contributed by atoms with Crippen molar-refractivity contribution in [3.05, 3.63) is 0 Å². The van der Waals surface area contributed by atoms with E-state index in [4.69, 9.17) is 4.74 Å². The maximum Gasteiger partial charge on any atom is 0.307 e. The average Bonchev–Trinajstić information content (AvgIpc) is 3.00. The van der Waals surface area contributed by atoms with Crippen LogP contribution in [0.4, 0.5) is 0 Å². The molecule has 2 unspecified atom stereocenters. The highest BCUT2D eigenvalue weighted by Crippen LogP contribution is 2.13. The lowest BCUT2D eigenvalue weighted by Gasteiger charge is -2.38. The molecule has 2 rings (SSSR count). The molecule has 2 heterocycles. The molecule has 0 aromatic heterocycles. The number of esters is 1. The molecule has 21 heavy (non-hydrogen) atoms. The van der Waals surface area contributed by atoms with E-state index in [0.717, 1.165) is 45.6 Å². The van der Waals surface area contributed by atoms with Crippen molar-refractivity contribution in [2.75, 3.05) is 39.8 Å². The molecule has 0 aromatic carbocycles. The van der Waals surface area contributed by atoms with Crippen molar-refractivity contribution < 1.29 is 14.3 Å². The lowest BCUT2D eigenvalue weighted by atomic mass is 10.1. The summed E-state index contributed by atoms with van der Waals surface area (Å²) < 4.78 is 4.70. The van der Waals surface area contributed by atoms with Gasteiger partial charge in [-0.2, -0.15) is 0 Å². The normalized spacial score (nSPS) is 24.3. The van der Waals surface area contributed by atoms with Gasteiger partial charge in [-0.25, -0.2) is 0 Å². The number of carbonyl (C=O) groups excluding carboxylic acids is 2. The Kier molecular flexibility index (Phi) is 7.42. The number of piperazine rings is 1. The number of ether oxygens (including phenoxy) is 1. The largest absolute Gasteiger partial charge is 0.469 e. The molecular formula is C14H26ClN3O3. The van der Waals surface area contributed by atoms with Crippen molar-refractivity contribution in [2.24, 2.45) is 0 Å². The van der Waals surface area contributed by atoms with Crippen molar-refractivity contribution in [3.63, 3.8) is 0 Å². The van der Waals surface area contributed by atoms with Crippen LogP contribution in [0.5, 0.6) is 0 Å². The molecule has 6 nitrogen and oxygen atoms in total. The lowest BCUT2D eigenvalue weighted by molar-refractivity contribution is -0.143. The van der Waals surface area contributed by atoms with Gasteiger partial charge in [0.1, 0.15) is 0 Å². The van der Waals surface area contributed by atoms with Gasteiger partial charge in [0.25, 0.3) is 0 Å². The monoisotopic (exact) mass is 319 g/mol. The van der Waals surface area contributed by atoms with Crippen LogP contribution in [-0.2, 0) is 14.3 Å². The first-order valence-electron chi connectivity index (χ1n) is 7.45. The van der Waals surface area contributed by atoms with Crippen molar-refractivity contribution in [2.45, 2.75) is 38.3 Å². The third kappa shape index (κ3) is 4.83. The number of halogens is 1. The molecule has 7 heteroatoms. The Balaban J connectivity index is 0.00000220. The summed E-state index contributed by atoms with van der Waals surface area (Å²) in [6.07, 6.45) is 2.46. The molecule has 2 aliphatic rings. The van der Waals surface area contributed by atoms with Crippen molar-refractivity contribution in [1.82, 2.24) is 15.1 Å². The van der Waals surface area contributed by atoms with Gasteiger partial charge < -0.3 is 15.0 Å². The molecule has 0 radical (unpaired) electrons. The minimum absolute atomic E-state index is 0. The first-order chi connectivity index (χ1) is 9.61. The third-order valence-corrected chi connectivity index (χ3v) is 4.30. The van der Waals surface area contributed by atoms with Gasteiger partial charge >= 0.3 is 5.97 Å². The fourth-order valence-electron chi connectivity index (χ4n) is 2.95. The summed E-state index contributed by atoms with van der Waals surface area (Å²) in [4.78, 5) is 27.8. The zero-order chi connectivity index (χ0) is 14.5. The van der Waals surface area contributed by atoms with Crippen LogP contribution >= 0.6 is 12.4 Å². The van der Waals surface area contributed by atoms with E-state index in [1.807, 2.05) is 11.8 Å². The molecule has 0 bridgehead atoms. The zero-order valence-electron chi connectivity index (χ0n) is 12.8. The fourth-order valence-corrected chi connectivity index (χ4v) is 2.95. The van der Waals surface area contributed by atoms with Crippen LogP contribution in [0.15, 0.2) is 0 Å². The Hall–Kier alpha value is -0.850. The Morgan fingerprint density at radius 2 is 1.95 bits per heavy atom. The highest BCUT2D eigenvalue weighted by Gasteiger charge is 2.30. The predicted molar refractivity (Wildman–Crippen MR) is 82.5 cm³/mol. The van der Waals surface area contributed by atoms with Crippen LogP contribution in [0.25, 0.3) is 0 Å². The molecule has 1 amide bonds. The SMILES string of the molecule is COC(=O)CC(C)N1CCN(C(=O)C2CCCN2)CC1.Cl. The van der Waals surface area contributed by atoms with E-state index >= 15 is 0 Å². The number of hydrogen-bond donors (Lipinski definition) is 1. The van der Waals surface area contributed by atoms with E-state index in [1.54, 1.807) is 0 Å². The molecular weight excluding hydrogens is 294 g/mol. The van der Waals surface area contributed by atoms with Gasteiger partial charge in [0, 0.05) is 32.2 Å². The second-order valence-corrected chi connectivity index (χ2v) is 5.64. The number of methoxy groups -OCH3 is 1. The van der Waals surface area contributed by atoms with Crippen LogP contribution in [-0.4, -0.2) is 73.6 Å². The smallest absolute Gasteiger partial charge is 0.307 e. The van der Waals surface area contributed by atoms with Gasteiger partial charge in [-0.05, 0) is 26.3 Å².